The highest BCUT2D eigenvalue weighted by Crippen LogP contribution is 2.49. The number of anilines is 1. The van der Waals surface area contributed by atoms with Crippen molar-refractivity contribution in [3.05, 3.63) is 42.4 Å². The molecular formula is C32H36N8O3. The second-order valence-corrected chi connectivity index (χ2v) is 13.6. The van der Waals surface area contributed by atoms with E-state index < -0.39 is 5.60 Å². The second-order valence-electron chi connectivity index (χ2n) is 13.6. The number of rotatable bonds is 6. The van der Waals surface area contributed by atoms with E-state index in [0.29, 0.717) is 35.9 Å². The molecule has 4 bridgehead atoms. The van der Waals surface area contributed by atoms with Crippen LogP contribution in [0.4, 0.5) is 10.6 Å². The van der Waals surface area contributed by atoms with E-state index in [9.17, 15) is 15.2 Å². The summed E-state index contributed by atoms with van der Waals surface area (Å²) in [6, 6.07) is 10.0. The number of carbonyl (C=O) groups excluding carboxylic acids is 1. The summed E-state index contributed by atoms with van der Waals surface area (Å²) in [6.07, 6.45) is 11.9. The van der Waals surface area contributed by atoms with Crippen LogP contribution < -0.4 is 9.64 Å². The number of amides is 2. The molecule has 6 saturated heterocycles. The van der Waals surface area contributed by atoms with Crippen molar-refractivity contribution in [2.75, 3.05) is 44.2 Å². The van der Waals surface area contributed by atoms with E-state index in [-0.39, 0.29) is 18.1 Å². The molecule has 1 saturated carbocycles. The Morgan fingerprint density at radius 1 is 1.07 bits per heavy atom. The lowest BCUT2D eigenvalue weighted by atomic mass is 9.87. The summed E-state index contributed by atoms with van der Waals surface area (Å²) in [5.41, 5.74) is 2.51. The standard InChI is InChI=1S/C32H36N8O3/c33-12-21-14-35-38-18-27(43-8-7-36-15-22-11-32(22,42)19-36)10-28(30(21)38)20-1-6-29(34-13-20)37-16-25-9-26(17-37)40(25)31(41)39-23-2-3-24(39)5-4-23/h1,6,10,13-14,18,22-26,42H,2-5,7-9,11,15-17,19H2. The van der Waals surface area contributed by atoms with Gasteiger partial charge in [-0.1, -0.05) is 0 Å². The first-order valence-corrected chi connectivity index (χ1v) is 15.8. The number of likely N-dealkylation sites (tertiary alicyclic amines) is 1. The van der Waals surface area contributed by atoms with E-state index in [1.807, 2.05) is 24.5 Å². The summed E-state index contributed by atoms with van der Waals surface area (Å²) in [5.74, 6) is 2.01. The van der Waals surface area contributed by atoms with E-state index >= 15 is 0 Å². The smallest absolute Gasteiger partial charge is 0.321 e. The fraction of sp³-hybridized carbons (Fsp3) is 0.562. The number of piperidine rings is 2. The van der Waals surface area contributed by atoms with Crippen molar-refractivity contribution >= 4 is 17.4 Å². The van der Waals surface area contributed by atoms with Gasteiger partial charge in [-0.25, -0.2) is 14.3 Å². The lowest BCUT2D eigenvalue weighted by molar-refractivity contribution is 0.0161. The molecule has 3 aromatic rings. The molecule has 11 heteroatoms. The Balaban J connectivity index is 0.906. The maximum atomic E-state index is 13.4. The number of nitriles is 1. The number of hydrogen-bond acceptors (Lipinski definition) is 8. The zero-order valence-corrected chi connectivity index (χ0v) is 24.2. The Hall–Kier alpha value is -3.88. The fourth-order valence-corrected chi connectivity index (χ4v) is 8.70. The third-order valence-electron chi connectivity index (χ3n) is 11.0. The summed E-state index contributed by atoms with van der Waals surface area (Å²) in [5, 5.41) is 24.5. The Bertz CT molecular complexity index is 1620. The molecule has 2 amide bonds. The number of hydrogen-bond donors (Lipinski definition) is 1. The van der Waals surface area contributed by atoms with Gasteiger partial charge in [-0.15, -0.1) is 0 Å². The molecule has 1 N–H and O–H groups in total. The molecule has 3 aromatic heterocycles. The number of ether oxygens (including phenoxy) is 1. The maximum Gasteiger partial charge on any atom is 0.321 e. The number of β-amino-alcohol motifs (C(OH)–C–C–N with tert-alkyl or cyclic N) is 1. The van der Waals surface area contributed by atoms with E-state index in [2.05, 4.69) is 36.8 Å². The number of nitrogens with zero attached hydrogens (tertiary/aromatic N) is 8. The van der Waals surface area contributed by atoms with Crippen molar-refractivity contribution < 1.29 is 14.6 Å². The third kappa shape index (κ3) is 4.03. The molecule has 7 aliphatic rings. The van der Waals surface area contributed by atoms with Gasteiger partial charge >= 0.3 is 6.03 Å². The molecule has 4 unspecified atom stereocenters. The number of pyridine rings is 2. The van der Waals surface area contributed by atoms with Gasteiger partial charge in [0.1, 0.15) is 24.2 Å². The van der Waals surface area contributed by atoms with Gasteiger partial charge < -0.3 is 24.5 Å². The van der Waals surface area contributed by atoms with E-state index in [0.717, 1.165) is 68.0 Å². The van der Waals surface area contributed by atoms with Crippen molar-refractivity contribution in [1.29, 1.82) is 5.26 Å². The molecule has 11 nitrogen and oxygen atoms in total. The maximum absolute atomic E-state index is 13.4. The normalized spacial score (nSPS) is 32.2. The van der Waals surface area contributed by atoms with Gasteiger partial charge in [0, 0.05) is 68.0 Å². The Morgan fingerprint density at radius 3 is 2.51 bits per heavy atom. The van der Waals surface area contributed by atoms with Crippen molar-refractivity contribution in [3.63, 3.8) is 0 Å². The molecular weight excluding hydrogens is 544 g/mol. The summed E-state index contributed by atoms with van der Waals surface area (Å²) >= 11 is 0. The minimum absolute atomic E-state index is 0.250. The number of aromatic nitrogens is 3. The summed E-state index contributed by atoms with van der Waals surface area (Å²) in [7, 11) is 0. The zero-order chi connectivity index (χ0) is 28.9. The minimum atomic E-state index is -0.466. The SMILES string of the molecule is N#Cc1cnn2cc(OCCN3CC4CC4(O)C3)cc(-c3ccc(N4CC5CC(C4)N5C(=O)N4C5CCC4CC5)nc3)c12. The van der Waals surface area contributed by atoms with Crippen LogP contribution in [-0.4, -0.2) is 110 Å². The highest BCUT2D eigenvalue weighted by molar-refractivity contribution is 5.85. The van der Waals surface area contributed by atoms with Crippen molar-refractivity contribution in [1.82, 2.24) is 29.3 Å². The number of carbonyl (C=O) groups is 1. The Labute approximate surface area is 250 Å². The van der Waals surface area contributed by atoms with Crippen molar-refractivity contribution in [3.8, 4) is 22.9 Å². The lowest BCUT2D eigenvalue weighted by Gasteiger charge is -2.57. The number of aliphatic hydroxyl groups is 1. The number of fused-ring (bicyclic) bond motifs is 6. The van der Waals surface area contributed by atoms with Crippen LogP contribution in [0.1, 0.15) is 44.1 Å². The van der Waals surface area contributed by atoms with Crippen LogP contribution >= 0.6 is 0 Å². The van der Waals surface area contributed by atoms with Gasteiger partial charge in [-0.2, -0.15) is 10.4 Å². The highest BCUT2D eigenvalue weighted by Gasteiger charge is 2.58. The van der Waals surface area contributed by atoms with Gasteiger partial charge in [-0.05, 0) is 56.7 Å². The number of urea groups is 1. The number of piperazine rings is 1. The monoisotopic (exact) mass is 580 g/mol. The first-order chi connectivity index (χ1) is 21.0. The van der Waals surface area contributed by atoms with E-state index in [1.165, 1.54) is 25.7 Å². The van der Waals surface area contributed by atoms with Crippen molar-refractivity contribution in [2.45, 2.75) is 68.3 Å². The lowest BCUT2D eigenvalue weighted by Crippen LogP contribution is -2.72. The predicted octanol–water partition coefficient (Wildman–Crippen LogP) is 2.72. The van der Waals surface area contributed by atoms with E-state index in [1.54, 1.807) is 10.7 Å². The molecule has 0 radical (unpaired) electrons. The summed E-state index contributed by atoms with van der Waals surface area (Å²) in [6.45, 7) is 4.53. The van der Waals surface area contributed by atoms with Gasteiger partial charge in [0.2, 0.25) is 0 Å². The predicted molar refractivity (Wildman–Crippen MR) is 158 cm³/mol. The van der Waals surface area contributed by atoms with Crippen LogP contribution in [-0.2, 0) is 0 Å². The average Bonchev–Trinajstić information content (AvgIpc) is 3.52. The molecule has 9 heterocycles. The first-order valence-electron chi connectivity index (χ1n) is 15.8. The largest absolute Gasteiger partial charge is 0.491 e. The second kappa shape index (κ2) is 9.31. The quantitative estimate of drug-likeness (QED) is 0.474. The van der Waals surface area contributed by atoms with Gasteiger partial charge in [0.05, 0.1) is 41.2 Å². The fourth-order valence-electron chi connectivity index (χ4n) is 8.70. The summed E-state index contributed by atoms with van der Waals surface area (Å²) in [4.78, 5) is 27.2. The third-order valence-corrected chi connectivity index (χ3v) is 11.0. The van der Waals surface area contributed by atoms with Gasteiger partial charge in [-0.3, -0.25) is 4.90 Å². The summed E-state index contributed by atoms with van der Waals surface area (Å²) < 4.78 is 7.86. The first kappa shape index (κ1) is 25.6. The Morgan fingerprint density at radius 2 is 1.84 bits per heavy atom. The molecule has 10 rings (SSSR count). The molecule has 0 aromatic carbocycles. The molecule has 0 spiro atoms. The molecule has 6 aliphatic heterocycles. The Kier molecular flexibility index (Phi) is 5.54. The van der Waals surface area contributed by atoms with E-state index in [4.69, 9.17) is 9.72 Å². The molecule has 43 heavy (non-hydrogen) atoms. The minimum Gasteiger partial charge on any atom is -0.491 e. The van der Waals surface area contributed by atoms with Crippen LogP contribution in [0.3, 0.4) is 0 Å². The van der Waals surface area contributed by atoms with Gasteiger partial charge in [0.25, 0.3) is 0 Å². The zero-order valence-electron chi connectivity index (χ0n) is 24.2. The van der Waals surface area contributed by atoms with Crippen LogP contribution in [0.5, 0.6) is 5.75 Å². The topological polar surface area (TPSA) is 113 Å². The van der Waals surface area contributed by atoms with Crippen LogP contribution in [0, 0.1) is 17.2 Å². The molecule has 7 fully saturated rings. The van der Waals surface area contributed by atoms with Crippen molar-refractivity contribution in [2.24, 2.45) is 5.92 Å². The average molecular weight is 581 g/mol. The van der Waals surface area contributed by atoms with Crippen LogP contribution in [0.15, 0.2) is 36.8 Å². The molecule has 222 valence electrons. The molecule has 4 atom stereocenters. The molecule has 1 aliphatic carbocycles. The van der Waals surface area contributed by atoms with Gasteiger partial charge in [0.15, 0.2) is 0 Å². The highest BCUT2D eigenvalue weighted by atomic mass is 16.5. The van der Waals surface area contributed by atoms with Crippen LogP contribution in [0.2, 0.25) is 0 Å². The van der Waals surface area contributed by atoms with Crippen LogP contribution in [0.25, 0.3) is 16.6 Å².